The minimum absolute atomic E-state index is 0.279. The Labute approximate surface area is 177 Å². The molecule has 4 atom stereocenters. The second kappa shape index (κ2) is 7.89. The topological polar surface area (TPSA) is 71.3 Å². The van der Waals surface area contributed by atoms with Crippen molar-refractivity contribution >= 4 is 16.9 Å². The van der Waals surface area contributed by atoms with E-state index in [9.17, 15) is 4.79 Å². The summed E-state index contributed by atoms with van der Waals surface area (Å²) in [6, 6.07) is 16.3. The van der Waals surface area contributed by atoms with Gasteiger partial charge in [0.2, 0.25) is 0 Å². The molecule has 1 saturated heterocycles. The first-order chi connectivity index (χ1) is 14.6. The van der Waals surface area contributed by atoms with E-state index in [1.165, 1.54) is 22.0 Å². The summed E-state index contributed by atoms with van der Waals surface area (Å²) in [5.41, 5.74) is 11.3. The number of carbonyl (C=O) groups is 1. The Morgan fingerprint density at radius 1 is 1.23 bits per heavy atom. The predicted octanol–water partition coefficient (Wildman–Crippen LogP) is 3.59. The van der Waals surface area contributed by atoms with Gasteiger partial charge in [-0.15, -0.1) is 0 Å². The Morgan fingerprint density at radius 2 is 2.07 bits per heavy atom. The average molecular weight is 404 g/mol. The molecule has 2 heterocycles. The van der Waals surface area contributed by atoms with E-state index in [0.29, 0.717) is 24.3 Å². The maximum atomic E-state index is 12.5. The lowest BCUT2D eigenvalue weighted by Gasteiger charge is -2.46. The molecule has 1 aliphatic carbocycles. The van der Waals surface area contributed by atoms with Crippen LogP contribution in [0.1, 0.15) is 35.4 Å². The summed E-state index contributed by atoms with van der Waals surface area (Å²) in [7, 11) is 2.21. The highest BCUT2D eigenvalue weighted by atomic mass is 16.5. The van der Waals surface area contributed by atoms with Crippen LogP contribution in [0.3, 0.4) is 0 Å². The number of carbonyl (C=O) groups excluding carboxylic acids is 1. The molecule has 2 aliphatic rings. The number of nitrogens with two attached hydrogens (primary N) is 1. The molecule has 0 amide bonds. The zero-order valence-electron chi connectivity index (χ0n) is 17.4. The molecule has 5 heteroatoms. The van der Waals surface area contributed by atoms with Crippen LogP contribution in [0.25, 0.3) is 10.9 Å². The van der Waals surface area contributed by atoms with Gasteiger partial charge in [0.25, 0.3) is 0 Å². The number of aromatic nitrogens is 1. The van der Waals surface area contributed by atoms with E-state index >= 15 is 0 Å². The molecule has 1 aromatic heterocycles. The van der Waals surface area contributed by atoms with Gasteiger partial charge in [0, 0.05) is 35.6 Å². The standard InChI is InChI=1S/C25H29N3O2/c1-28-14-17(11-21(26)25(29)30-15-16-6-3-2-4-7-16)10-20-19-8-5-9-22-24(19)18(13-27-22)12-23(20)28/h2-9,13,17,20-21,23,27H,10-12,14-15,26H2,1H3/t17?,20-,21?,23+/m0/s1. The summed E-state index contributed by atoms with van der Waals surface area (Å²) < 4.78 is 5.47. The molecule has 3 N–H and O–H groups in total. The molecule has 0 radical (unpaired) electrons. The molecule has 1 aliphatic heterocycles. The quantitative estimate of drug-likeness (QED) is 0.639. The summed E-state index contributed by atoms with van der Waals surface area (Å²) in [6.07, 6.45) is 4.98. The van der Waals surface area contributed by atoms with Crippen molar-refractivity contribution in [3.8, 4) is 0 Å². The monoisotopic (exact) mass is 403 g/mol. The third-order valence-corrected chi connectivity index (χ3v) is 6.93. The number of hydrogen-bond acceptors (Lipinski definition) is 4. The summed E-state index contributed by atoms with van der Waals surface area (Å²) in [4.78, 5) is 18.4. The second-order valence-electron chi connectivity index (χ2n) is 8.94. The van der Waals surface area contributed by atoms with Crippen molar-refractivity contribution < 1.29 is 9.53 Å². The van der Waals surface area contributed by atoms with Crippen LogP contribution in [0.4, 0.5) is 0 Å². The third kappa shape index (κ3) is 3.53. The smallest absolute Gasteiger partial charge is 0.323 e. The lowest BCUT2D eigenvalue weighted by molar-refractivity contribution is -0.147. The van der Waals surface area contributed by atoms with Gasteiger partial charge < -0.3 is 20.4 Å². The average Bonchev–Trinajstić information content (AvgIpc) is 3.18. The number of rotatable bonds is 5. The maximum Gasteiger partial charge on any atom is 0.323 e. The molecule has 2 aromatic carbocycles. The number of hydrogen-bond donors (Lipinski definition) is 2. The van der Waals surface area contributed by atoms with Crippen molar-refractivity contribution in [2.75, 3.05) is 13.6 Å². The van der Waals surface area contributed by atoms with E-state index in [2.05, 4.69) is 41.3 Å². The van der Waals surface area contributed by atoms with Crippen molar-refractivity contribution in [1.82, 2.24) is 9.88 Å². The first-order valence-corrected chi connectivity index (χ1v) is 10.9. The molecule has 156 valence electrons. The van der Waals surface area contributed by atoms with Crippen LogP contribution < -0.4 is 5.73 Å². The number of ether oxygens (including phenoxy) is 1. The minimum Gasteiger partial charge on any atom is -0.460 e. The number of aromatic amines is 1. The first kappa shape index (κ1) is 19.3. The Bertz CT molecular complexity index is 1040. The second-order valence-corrected chi connectivity index (χ2v) is 8.94. The van der Waals surface area contributed by atoms with E-state index in [-0.39, 0.29) is 12.6 Å². The first-order valence-electron chi connectivity index (χ1n) is 10.9. The Kier molecular flexibility index (Phi) is 5.09. The molecule has 0 bridgehead atoms. The Balaban J connectivity index is 1.26. The molecule has 2 unspecified atom stereocenters. The number of likely N-dealkylation sites (N-methyl/N-ethyl adjacent to an activating group) is 1. The molecule has 3 aromatic rings. The van der Waals surface area contributed by atoms with Crippen LogP contribution in [0, 0.1) is 5.92 Å². The minimum atomic E-state index is -0.578. The number of benzene rings is 2. The van der Waals surface area contributed by atoms with E-state index in [0.717, 1.165) is 24.9 Å². The van der Waals surface area contributed by atoms with Crippen LogP contribution in [0.15, 0.2) is 54.7 Å². The number of esters is 1. The van der Waals surface area contributed by atoms with E-state index in [1.807, 2.05) is 30.3 Å². The van der Waals surface area contributed by atoms with Gasteiger partial charge in [-0.3, -0.25) is 4.79 Å². The number of nitrogens with one attached hydrogen (secondary N) is 1. The summed E-state index contributed by atoms with van der Waals surface area (Å²) in [6.45, 7) is 1.25. The third-order valence-electron chi connectivity index (χ3n) is 6.93. The van der Waals surface area contributed by atoms with Crippen molar-refractivity contribution in [2.24, 2.45) is 11.7 Å². The molecule has 5 nitrogen and oxygen atoms in total. The van der Waals surface area contributed by atoms with Gasteiger partial charge in [0.05, 0.1) is 0 Å². The zero-order valence-corrected chi connectivity index (χ0v) is 17.4. The number of piperidine rings is 1. The highest BCUT2D eigenvalue weighted by Gasteiger charge is 2.40. The van der Waals surface area contributed by atoms with Crippen molar-refractivity contribution in [2.45, 2.75) is 43.9 Å². The Hall–Kier alpha value is -2.63. The van der Waals surface area contributed by atoms with E-state index in [4.69, 9.17) is 10.5 Å². The predicted molar refractivity (Wildman–Crippen MR) is 118 cm³/mol. The molecule has 0 saturated carbocycles. The van der Waals surface area contributed by atoms with Crippen molar-refractivity contribution in [1.29, 1.82) is 0 Å². The fourth-order valence-electron chi connectivity index (χ4n) is 5.52. The molecule has 5 rings (SSSR count). The fraction of sp³-hybridized carbons (Fsp3) is 0.400. The summed E-state index contributed by atoms with van der Waals surface area (Å²) in [5.74, 6) is 0.557. The molecular weight excluding hydrogens is 374 g/mol. The van der Waals surface area contributed by atoms with E-state index < -0.39 is 6.04 Å². The largest absolute Gasteiger partial charge is 0.460 e. The van der Waals surface area contributed by atoms with Gasteiger partial charge >= 0.3 is 5.97 Å². The van der Waals surface area contributed by atoms with Gasteiger partial charge in [-0.05, 0) is 55.0 Å². The zero-order chi connectivity index (χ0) is 20.7. The number of H-pyrrole nitrogens is 1. The number of fused-ring (bicyclic) bond motifs is 2. The van der Waals surface area contributed by atoms with Crippen LogP contribution in [0.5, 0.6) is 0 Å². The van der Waals surface area contributed by atoms with Crippen LogP contribution in [-0.4, -0.2) is 41.5 Å². The summed E-state index contributed by atoms with van der Waals surface area (Å²) in [5, 5.41) is 1.40. The van der Waals surface area contributed by atoms with Gasteiger partial charge in [0.15, 0.2) is 0 Å². The molecule has 30 heavy (non-hydrogen) atoms. The van der Waals surface area contributed by atoms with Gasteiger partial charge in [-0.2, -0.15) is 0 Å². The molecule has 1 fully saturated rings. The van der Waals surface area contributed by atoms with Crippen LogP contribution >= 0.6 is 0 Å². The van der Waals surface area contributed by atoms with Crippen LogP contribution in [0.2, 0.25) is 0 Å². The highest BCUT2D eigenvalue weighted by Crippen LogP contribution is 2.44. The normalized spacial score (nSPS) is 24.4. The van der Waals surface area contributed by atoms with Gasteiger partial charge in [0.1, 0.15) is 12.6 Å². The maximum absolute atomic E-state index is 12.5. The highest BCUT2D eigenvalue weighted by molar-refractivity contribution is 5.88. The fourth-order valence-corrected chi connectivity index (χ4v) is 5.52. The van der Waals surface area contributed by atoms with Crippen molar-refractivity contribution in [3.05, 3.63) is 71.4 Å². The van der Waals surface area contributed by atoms with Gasteiger partial charge in [-0.1, -0.05) is 42.5 Å². The van der Waals surface area contributed by atoms with Gasteiger partial charge in [-0.25, -0.2) is 0 Å². The Morgan fingerprint density at radius 3 is 2.90 bits per heavy atom. The van der Waals surface area contributed by atoms with Crippen molar-refractivity contribution in [3.63, 3.8) is 0 Å². The number of nitrogens with zero attached hydrogens (tertiary/aromatic N) is 1. The molecule has 0 spiro atoms. The van der Waals surface area contributed by atoms with E-state index in [1.54, 1.807) is 0 Å². The lowest BCUT2D eigenvalue weighted by Crippen LogP contribution is -2.49. The SMILES string of the molecule is CN1CC(CC(N)C(=O)OCc2ccccc2)C[C@H]2c3cccc4[nH]cc(c34)C[C@H]21. The number of likely N-dealkylation sites (tertiary alicyclic amines) is 1. The lowest BCUT2D eigenvalue weighted by atomic mass is 9.71. The summed E-state index contributed by atoms with van der Waals surface area (Å²) >= 11 is 0. The molecular formula is C25H29N3O2. The van der Waals surface area contributed by atoms with Crippen LogP contribution in [-0.2, 0) is 22.6 Å².